The molecule has 1 saturated heterocycles. The lowest BCUT2D eigenvalue weighted by Gasteiger charge is -2.11. The van der Waals surface area contributed by atoms with Crippen LogP contribution >= 0.6 is 11.8 Å². The van der Waals surface area contributed by atoms with Gasteiger partial charge in [0.05, 0.1) is 17.3 Å². The van der Waals surface area contributed by atoms with Gasteiger partial charge >= 0.3 is 0 Å². The molecule has 0 aliphatic carbocycles. The maximum absolute atomic E-state index is 12.4. The number of rotatable bonds is 4. The summed E-state index contributed by atoms with van der Waals surface area (Å²) in [6.07, 6.45) is 4.60. The number of hydrogen-bond donors (Lipinski definition) is 1. The van der Waals surface area contributed by atoms with E-state index in [0.29, 0.717) is 11.4 Å². The van der Waals surface area contributed by atoms with E-state index in [0.717, 1.165) is 34.5 Å². The fourth-order valence-corrected chi connectivity index (χ4v) is 3.90. The van der Waals surface area contributed by atoms with Gasteiger partial charge in [-0.3, -0.25) is 9.48 Å². The maximum Gasteiger partial charge on any atom is 0.257 e. The van der Waals surface area contributed by atoms with Crippen molar-refractivity contribution in [1.29, 1.82) is 0 Å². The van der Waals surface area contributed by atoms with Crippen LogP contribution in [0.1, 0.15) is 16.8 Å². The van der Waals surface area contributed by atoms with Crippen molar-refractivity contribution in [2.24, 2.45) is 7.05 Å². The predicted molar refractivity (Wildman–Crippen MR) is 99.3 cm³/mol. The van der Waals surface area contributed by atoms with Crippen LogP contribution in [0.2, 0.25) is 0 Å². The van der Waals surface area contributed by atoms with Crippen LogP contribution < -0.4 is 10.1 Å². The number of hydrogen-bond acceptors (Lipinski definition) is 5. The number of benzene rings is 1. The fraction of sp³-hybridized carbons (Fsp3) is 0.278. The number of anilines is 1. The lowest BCUT2D eigenvalue weighted by molar-refractivity contribution is 0.102. The summed E-state index contributed by atoms with van der Waals surface area (Å²) >= 11 is 1.89. The van der Waals surface area contributed by atoms with Crippen molar-refractivity contribution in [3.8, 4) is 5.88 Å². The summed E-state index contributed by atoms with van der Waals surface area (Å²) in [6, 6.07) is 9.20. The lowest BCUT2D eigenvalue weighted by Crippen LogP contribution is -2.16. The number of carbonyl (C=O) groups is 1. The van der Waals surface area contributed by atoms with Crippen LogP contribution in [0.4, 0.5) is 5.69 Å². The van der Waals surface area contributed by atoms with Crippen LogP contribution in [0.3, 0.4) is 0 Å². The van der Waals surface area contributed by atoms with Gasteiger partial charge in [0.15, 0.2) is 0 Å². The van der Waals surface area contributed by atoms with Gasteiger partial charge in [-0.05, 0) is 36.4 Å². The molecule has 0 radical (unpaired) electrons. The van der Waals surface area contributed by atoms with Gasteiger partial charge in [-0.15, -0.1) is 0 Å². The molecule has 2 aromatic heterocycles. The van der Waals surface area contributed by atoms with E-state index in [1.807, 2.05) is 37.0 Å². The van der Waals surface area contributed by atoms with Gasteiger partial charge < -0.3 is 10.1 Å². The molecule has 7 heteroatoms. The summed E-state index contributed by atoms with van der Waals surface area (Å²) in [7, 11) is 1.89. The number of ether oxygens (including phenoxy) is 1. The molecule has 0 saturated carbocycles. The highest BCUT2D eigenvalue weighted by Gasteiger charge is 2.17. The summed E-state index contributed by atoms with van der Waals surface area (Å²) in [5, 5.41) is 8.08. The van der Waals surface area contributed by atoms with Gasteiger partial charge in [0, 0.05) is 36.1 Å². The van der Waals surface area contributed by atoms with E-state index in [1.54, 1.807) is 29.2 Å². The Balaban J connectivity index is 1.44. The van der Waals surface area contributed by atoms with Gasteiger partial charge in [-0.1, -0.05) is 0 Å². The van der Waals surface area contributed by atoms with Crippen molar-refractivity contribution in [2.75, 3.05) is 16.8 Å². The molecule has 1 amide bonds. The zero-order valence-electron chi connectivity index (χ0n) is 13.8. The molecule has 1 aliphatic rings. The third-order valence-corrected chi connectivity index (χ3v) is 5.31. The molecule has 1 fully saturated rings. The molecule has 0 bridgehead atoms. The smallest absolute Gasteiger partial charge is 0.257 e. The van der Waals surface area contributed by atoms with Crippen LogP contribution in [0.15, 0.2) is 42.7 Å². The van der Waals surface area contributed by atoms with E-state index >= 15 is 0 Å². The minimum absolute atomic E-state index is 0.196. The van der Waals surface area contributed by atoms with E-state index in [4.69, 9.17) is 4.74 Å². The molecular formula is C18H18N4O2S. The second-order valence-electron chi connectivity index (χ2n) is 5.98. The Labute approximate surface area is 149 Å². The zero-order valence-corrected chi connectivity index (χ0v) is 14.6. The van der Waals surface area contributed by atoms with Crippen molar-refractivity contribution < 1.29 is 9.53 Å². The van der Waals surface area contributed by atoms with E-state index in [1.165, 1.54) is 0 Å². The van der Waals surface area contributed by atoms with E-state index in [2.05, 4.69) is 15.4 Å². The number of amides is 1. The number of aromatic nitrogens is 3. The van der Waals surface area contributed by atoms with Gasteiger partial charge in [-0.25, -0.2) is 4.98 Å². The van der Waals surface area contributed by atoms with Crippen LogP contribution in [0.25, 0.3) is 10.9 Å². The van der Waals surface area contributed by atoms with Crippen LogP contribution in [0.5, 0.6) is 5.88 Å². The molecule has 25 heavy (non-hydrogen) atoms. The maximum atomic E-state index is 12.4. The first-order valence-corrected chi connectivity index (χ1v) is 9.28. The quantitative estimate of drug-likeness (QED) is 0.780. The molecule has 1 unspecified atom stereocenters. The van der Waals surface area contributed by atoms with Crippen LogP contribution in [-0.4, -0.2) is 38.3 Å². The van der Waals surface area contributed by atoms with Crippen molar-refractivity contribution >= 4 is 34.3 Å². The molecule has 6 nitrogen and oxygen atoms in total. The normalized spacial score (nSPS) is 16.9. The zero-order chi connectivity index (χ0) is 17.2. The first-order chi connectivity index (χ1) is 12.2. The Morgan fingerprint density at radius 2 is 2.24 bits per heavy atom. The Bertz CT molecular complexity index is 901. The largest absolute Gasteiger partial charge is 0.473 e. The molecule has 1 aliphatic heterocycles. The third kappa shape index (κ3) is 3.46. The predicted octanol–water partition coefficient (Wildman–Crippen LogP) is 3.10. The molecule has 0 spiro atoms. The Kier molecular flexibility index (Phi) is 4.31. The second kappa shape index (κ2) is 6.76. The first-order valence-electron chi connectivity index (χ1n) is 8.12. The molecular weight excluding hydrogens is 336 g/mol. The van der Waals surface area contributed by atoms with Crippen LogP contribution in [0, 0.1) is 0 Å². The van der Waals surface area contributed by atoms with Crippen molar-refractivity contribution in [2.45, 2.75) is 12.5 Å². The SMILES string of the molecule is Cn1ncc2cc(NC(=O)c3ccc(OC4CCSC4)nc3)ccc21. The molecule has 3 heterocycles. The molecule has 3 aromatic rings. The van der Waals surface area contributed by atoms with Gasteiger partial charge in [0.1, 0.15) is 6.10 Å². The van der Waals surface area contributed by atoms with E-state index in [9.17, 15) is 4.79 Å². The highest BCUT2D eigenvalue weighted by molar-refractivity contribution is 7.99. The molecule has 4 rings (SSSR count). The second-order valence-corrected chi connectivity index (χ2v) is 7.13. The minimum atomic E-state index is -0.196. The number of pyridine rings is 1. The highest BCUT2D eigenvalue weighted by atomic mass is 32.2. The lowest BCUT2D eigenvalue weighted by atomic mass is 10.2. The number of carbonyl (C=O) groups excluding carboxylic acids is 1. The fourth-order valence-electron chi connectivity index (χ4n) is 2.81. The van der Waals surface area contributed by atoms with Crippen LogP contribution in [-0.2, 0) is 7.05 Å². The van der Waals surface area contributed by atoms with Gasteiger partial charge in [0.25, 0.3) is 5.91 Å². The monoisotopic (exact) mass is 354 g/mol. The standard InChI is InChI=1S/C18H18N4O2S/c1-22-16-4-3-14(8-13(16)10-20-22)21-18(23)12-2-5-17(19-9-12)24-15-6-7-25-11-15/h2-5,8-10,15H,6-7,11H2,1H3,(H,21,23). The van der Waals surface area contributed by atoms with Crippen molar-refractivity contribution in [3.05, 3.63) is 48.3 Å². The van der Waals surface area contributed by atoms with E-state index < -0.39 is 0 Å². The molecule has 128 valence electrons. The number of aryl methyl sites for hydroxylation is 1. The Morgan fingerprint density at radius 3 is 3.00 bits per heavy atom. The number of nitrogens with one attached hydrogen (secondary N) is 1. The first kappa shape index (κ1) is 16.0. The summed E-state index contributed by atoms with van der Waals surface area (Å²) in [5.41, 5.74) is 2.25. The Morgan fingerprint density at radius 1 is 1.32 bits per heavy atom. The summed E-state index contributed by atoms with van der Waals surface area (Å²) < 4.78 is 7.60. The summed E-state index contributed by atoms with van der Waals surface area (Å²) in [5.74, 6) is 2.51. The number of fused-ring (bicyclic) bond motifs is 1. The number of thioether (sulfide) groups is 1. The summed E-state index contributed by atoms with van der Waals surface area (Å²) in [4.78, 5) is 16.6. The average molecular weight is 354 g/mol. The third-order valence-electron chi connectivity index (χ3n) is 4.18. The van der Waals surface area contributed by atoms with Crippen molar-refractivity contribution in [3.63, 3.8) is 0 Å². The van der Waals surface area contributed by atoms with Gasteiger partial charge in [-0.2, -0.15) is 16.9 Å². The highest BCUT2D eigenvalue weighted by Crippen LogP contribution is 2.22. The average Bonchev–Trinajstić information content (AvgIpc) is 3.25. The topological polar surface area (TPSA) is 69.0 Å². The van der Waals surface area contributed by atoms with E-state index in [-0.39, 0.29) is 12.0 Å². The van der Waals surface area contributed by atoms with Gasteiger partial charge in [0.2, 0.25) is 5.88 Å². The Hall–Kier alpha value is -2.54. The molecule has 1 atom stereocenters. The molecule has 1 aromatic carbocycles. The van der Waals surface area contributed by atoms with Crippen molar-refractivity contribution in [1.82, 2.24) is 14.8 Å². The molecule has 1 N–H and O–H groups in total. The number of nitrogens with zero attached hydrogens (tertiary/aromatic N) is 3. The minimum Gasteiger partial charge on any atom is -0.473 e. The summed E-state index contributed by atoms with van der Waals surface area (Å²) in [6.45, 7) is 0.